The first kappa shape index (κ1) is 12.6. The molecule has 0 aromatic heterocycles. The number of hydrogen-bond acceptors (Lipinski definition) is 3. The largest absolute Gasteiger partial charge is 0.300 e. The number of piperazine rings is 1. The average molecular weight is 267 g/mol. The average Bonchev–Trinajstić information content (AvgIpc) is 3.02. The van der Waals surface area contributed by atoms with Crippen LogP contribution in [0, 0.1) is 5.92 Å². The highest BCUT2D eigenvalue weighted by molar-refractivity contribution is 7.89. The molecule has 2 rings (SSSR count). The minimum absolute atomic E-state index is 0.364. The van der Waals surface area contributed by atoms with E-state index in [1.807, 2.05) is 0 Å². The molecule has 0 amide bonds. The SMILES string of the molecule is O=S(=O)(CC1CC1)N1CCN(CCCl)CC1. The Balaban J connectivity index is 1.82. The molecule has 0 aromatic carbocycles. The van der Waals surface area contributed by atoms with E-state index in [0.29, 0.717) is 30.6 Å². The molecular formula is C10H19ClN2O2S. The van der Waals surface area contributed by atoms with E-state index in [1.54, 1.807) is 4.31 Å². The molecular weight excluding hydrogens is 248 g/mol. The topological polar surface area (TPSA) is 40.6 Å². The molecule has 0 unspecified atom stereocenters. The molecule has 4 nitrogen and oxygen atoms in total. The molecule has 0 bridgehead atoms. The number of halogens is 1. The van der Waals surface area contributed by atoms with Crippen molar-refractivity contribution in [3.05, 3.63) is 0 Å². The minimum Gasteiger partial charge on any atom is -0.300 e. The van der Waals surface area contributed by atoms with Gasteiger partial charge >= 0.3 is 0 Å². The number of sulfonamides is 1. The summed E-state index contributed by atoms with van der Waals surface area (Å²) in [7, 11) is -2.98. The molecule has 0 N–H and O–H groups in total. The van der Waals surface area contributed by atoms with Gasteiger partial charge in [0, 0.05) is 38.6 Å². The van der Waals surface area contributed by atoms with E-state index in [4.69, 9.17) is 11.6 Å². The van der Waals surface area contributed by atoms with Crippen LogP contribution in [-0.2, 0) is 10.0 Å². The Morgan fingerprint density at radius 2 is 1.75 bits per heavy atom. The predicted molar refractivity (Wildman–Crippen MR) is 65.2 cm³/mol. The van der Waals surface area contributed by atoms with Crippen molar-refractivity contribution in [1.82, 2.24) is 9.21 Å². The lowest BCUT2D eigenvalue weighted by molar-refractivity contribution is 0.197. The Hall–Kier alpha value is 0.160. The van der Waals surface area contributed by atoms with Crippen LogP contribution in [0.15, 0.2) is 0 Å². The molecule has 0 atom stereocenters. The molecule has 1 saturated carbocycles. The van der Waals surface area contributed by atoms with Crippen molar-refractivity contribution in [1.29, 1.82) is 0 Å². The van der Waals surface area contributed by atoms with Gasteiger partial charge in [0.25, 0.3) is 0 Å². The van der Waals surface area contributed by atoms with Gasteiger partial charge in [-0.3, -0.25) is 4.90 Å². The van der Waals surface area contributed by atoms with Crippen molar-refractivity contribution in [2.24, 2.45) is 5.92 Å². The summed E-state index contributed by atoms with van der Waals surface area (Å²) in [6.45, 7) is 3.75. The molecule has 0 aromatic rings. The number of alkyl halides is 1. The van der Waals surface area contributed by atoms with E-state index in [0.717, 1.165) is 32.5 Å². The van der Waals surface area contributed by atoms with E-state index in [9.17, 15) is 8.42 Å². The van der Waals surface area contributed by atoms with Gasteiger partial charge in [0.2, 0.25) is 10.0 Å². The van der Waals surface area contributed by atoms with Crippen molar-refractivity contribution < 1.29 is 8.42 Å². The van der Waals surface area contributed by atoms with Gasteiger partial charge in [-0.05, 0) is 18.8 Å². The molecule has 0 radical (unpaired) electrons. The first-order valence-electron chi connectivity index (χ1n) is 5.88. The van der Waals surface area contributed by atoms with Crippen molar-refractivity contribution >= 4 is 21.6 Å². The van der Waals surface area contributed by atoms with Gasteiger partial charge in [0.15, 0.2) is 0 Å². The van der Waals surface area contributed by atoms with E-state index in [2.05, 4.69) is 4.90 Å². The Labute approximate surface area is 103 Å². The van der Waals surface area contributed by atoms with Gasteiger partial charge in [-0.15, -0.1) is 11.6 Å². The van der Waals surface area contributed by atoms with Gasteiger partial charge < -0.3 is 0 Å². The summed E-state index contributed by atoms with van der Waals surface area (Å²) < 4.78 is 25.6. The quantitative estimate of drug-likeness (QED) is 0.684. The lowest BCUT2D eigenvalue weighted by atomic mass is 10.4. The second-order valence-electron chi connectivity index (χ2n) is 4.65. The van der Waals surface area contributed by atoms with Crippen molar-refractivity contribution in [3.8, 4) is 0 Å². The van der Waals surface area contributed by atoms with Crippen LogP contribution in [0.4, 0.5) is 0 Å². The van der Waals surface area contributed by atoms with Crippen LogP contribution in [0.2, 0.25) is 0 Å². The highest BCUT2D eigenvalue weighted by atomic mass is 35.5. The van der Waals surface area contributed by atoms with Crippen molar-refractivity contribution in [2.75, 3.05) is 44.4 Å². The van der Waals surface area contributed by atoms with Crippen LogP contribution >= 0.6 is 11.6 Å². The van der Waals surface area contributed by atoms with Crippen LogP contribution in [0.25, 0.3) is 0 Å². The fourth-order valence-electron chi connectivity index (χ4n) is 2.04. The second kappa shape index (κ2) is 5.21. The molecule has 16 heavy (non-hydrogen) atoms. The zero-order chi connectivity index (χ0) is 11.6. The standard InChI is InChI=1S/C10H19ClN2O2S/c11-3-4-12-5-7-13(8-6-12)16(14,15)9-10-1-2-10/h10H,1-9H2. The highest BCUT2D eigenvalue weighted by Gasteiger charge is 2.33. The maximum Gasteiger partial charge on any atom is 0.214 e. The maximum absolute atomic E-state index is 12.0. The summed E-state index contributed by atoms with van der Waals surface area (Å²) in [5.74, 6) is 1.42. The Bertz CT molecular complexity index is 322. The summed E-state index contributed by atoms with van der Waals surface area (Å²) in [5, 5.41) is 0. The van der Waals surface area contributed by atoms with Crippen molar-refractivity contribution in [2.45, 2.75) is 12.8 Å². The zero-order valence-corrected chi connectivity index (χ0v) is 11.0. The first-order valence-corrected chi connectivity index (χ1v) is 8.02. The summed E-state index contributed by atoms with van der Waals surface area (Å²) in [4.78, 5) is 2.22. The number of rotatable bonds is 5. The Kier molecular flexibility index (Phi) is 4.11. The Morgan fingerprint density at radius 1 is 1.12 bits per heavy atom. The summed E-state index contributed by atoms with van der Waals surface area (Å²) >= 11 is 5.66. The van der Waals surface area contributed by atoms with Gasteiger partial charge in [-0.1, -0.05) is 0 Å². The van der Waals surface area contributed by atoms with Crippen LogP contribution in [0.3, 0.4) is 0 Å². The maximum atomic E-state index is 12.0. The van der Waals surface area contributed by atoms with Crippen molar-refractivity contribution in [3.63, 3.8) is 0 Å². The van der Waals surface area contributed by atoms with E-state index < -0.39 is 10.0 Å². The minimum atomic E-state index is -2.98. The van der Waals surface area contributed by atoms with Crippen LogP contribution in [0.5, 0.6) is 0 Å². The smallest absolute Gasteiger partial charge is 0.214 e. The summed E-state index contributed by atoms with van der Waals surface area (Å²) in [6.07, 6.45) is 2.18. The molecule has 1 heterocycles. The third-order valence-corrected chi connectivity index (χ3v) is 5.48. The zero-order valence-electron chi connectivity index (χ0n) is 9.44. The number of hydrogen-bond donors (Lipinski definition) is 0. The molecule has 94 valence electrons. The summed E-state index contributed by atoms with van der Waals surface area (Å²) in [5.41, 5.74) is 0. The lowest BCUT2D eigenvalue weighted by Crippen LogP contribution is -2.49. The third-order valence-electron chi connectivity index (χ3n) is 3.27. The summed E-state index contributed by atoms with van der Waals surface area (Å²) in [6, 6.07) is 0. The predicted octanol–water partition coefficient (Wildman–Crippen LogP) is 0.583. The normalized spacial score (nSPS) is 24.8. The van der Waals surface area contributed by atoms with Crippen LogP contribution < -0.4 is 0 Å². The van der Waals surface area contributed by atoms with E-state index in [1.165, 1.54) is 0 Å². The number of nitrogens with zero attached hydrogens (tertiary/aromatic N) is 2. The molecule has 6 heteroatoms. The molecule has 1 aliphatic heterocycles. The van der Waals surface area contributed by atoms with Crippen LogP contribution in [-0.4, -0.2) is 62.0 Å². The molecule has 0 spiro atoms. The highest BCUT2D eigenvalue weighted by Crippen LogP contribution is 2.31. The molecule has 1 aliphatic carbocycles. The molecule has 2 aliphatic rings. The fourth-order valence-corrected chi connectivity index (χ4v) is 4.14. The van der Waals surface area contributed by atoms with E-state index in [-0.39, 0.29) is 0 Å². The van der Waals surface area contributed by atoms with Gasteiger partial charge in [-0.2, -0.15) is 4.31 Å². The van der Waals surface area contributed by atoms with Gasteiger partial charge in [0.1, 0.15) is 0 Å². The van der Waals surface area contributed by atoms with Gasteiger partial charge in [-0.25, -0.2) is 8.42 Å². The molecule has 1 saturated heterocycles. The Morgan fingerprint density at radius 3 is 2.25 bits per heavy atom. The third kappa shape index (κ3) is 3.32. The van der Waals surface area contributed by atoms with E-state index >= 15 is 0 Å². The first-order chi connectivity index (χ1) is 7.62. The van der Waals surface area contributed by atoms with Gasteiger partial charge in [0.05, 0.1) is 5.75 Å². The lowest BCUT2D eigenvalue weighted by Gasteiger charge is -2.33. The van der Waals surface area contributed by atoms with Crippen LogP contribution in [0.1, 0.15) is 12.8 Å². The molecule has 2 fully saturated rings. The fraction of sp³-hybridized carbons (Fsp3) is 1.00. The second-order valence-corrected chi connectivity index (χ2v) is 7.04. The monoisotopic (exact) mass is 266 g/mol.